The van der Waals surface area contributed by atoms with Gasteiger partial charge < -0.3 is 0 Å². The molecule has 0 aliphatic rings. The van der Waals surface area contributed by atoms with Gasteiger partial charge in [-0.05, 0) is 43.2 Å². The number of nitrogens with zero attached hydrogens (tertiary/aromatic N) is 1. The van der Waals surface area contributed by atoms with Crippen LogP contribution in [0.1, 0.15) is 11.1 Å². The monoisotopic (exact) mass is 284 g/mol. The SMILES string of the molecule is Cc1c(-c2cc(Cl)cc(Cl)c2)n[nH]c(=S)c1C. The van der Waals surface area contributed by atoms with Gasteiger partial charge in [-0.15, -0.1) is 0 Å². The van der Waals surface area contributed by atoms with Crippen LogP contribution < -0.4 is 0 Å². The van der Waals surface area contributed by atoms with Gasteiger partial charge in [0.1, 0.15) is 4.64 Å². The Kier molecular flexibility index (Phi) is 3.52. The number of halogens is 2. The molecule has 0 amide bonds. The molecule has 1 aromatic carbocycles. The maximum absolute atomic E-state index is 5.98. The molecule has 1 N–H and O–H groups in total. The average Bonchev–Trinajstić information content (AvgIpc) is 2.24. The zero-order chi connectivity index (χ0) is 12.6. The van der Waals surface area contributed by atoms with Gasteiger partial charge in [-0.3, -0.25) is 5.10 Å². The van der Waals surface area contributed by atoms with E-state index in [2.05, 4.69) is 10.2 Å². The lowest BCUT2D eigenvalue weighted by Gasteiger charge is -2.08. The summed E-state index contributed by atoms with van der Waals surface area (Å²) in [6.07, 6.45) is 0. The molecule has 1 heterocycles. The number of hydrogen-bond donors (Lipinski definition) is 1. The maximum atomic E-state index is 5.98. The second-order valence-corrected chi connectivity index (χ2v) is 5.09. The van der Waals surface area contributed by atoms with Crippen LogP contribution in [0.3, 0.4) is 0 Å². The second kappa shape index (κ2) is 4.77. The molecule has 0 saturated heterocycles. The van der Waals surface area contributed by atoms with E-state index in [4.69, 9.17) is 35.4 Å². The minimum absolute atomic E-state index is 0.591. The lowest BCUT2D eigenvalue weighted by molar-refractivity contribution is 0.987. The van der Waals surface area contributed by atoms with Crippen molar-refractivity contribution in [3.8, 4) is 11.3 Å². The van der Waals surface area contributed by atoms with Gasteiger partial charge in [-0.1, -0.05) is 35.4 Å². The molecule has 88 valence electrons. The van der Waals surface area contributed by atoms with Crippen LogP contribution in [0.2, 0.25) is 10.0 Å². The number of rotatable bonds is 1. The zero-order valence-electron chi connectivity index (χ0n) is 9.34. The number of nitrogens with one attached hydrogen (secondary N) is 1. The predicted molar refractivity (Wildman–Crippen MR) is 74.4 cm³/mol. The molecule has 2 aromatic rings. The maximum Gasteiger partial charge on any atom is 0.122 e. The third-order valence-electron chi connectivity index (χ3n) is 2.66. The van der Waals surface area contributed by atoms with E-state index in [9.17, 15) is 0 Å². The summed E-state index contributed by atoms with van der Waals surface area (Å²) < 4.78 is 0.652. The van der Waals surface area contributed by atoms with Gasteiger partial charge in [0.15, 0.2) is 0 Å². The highest BCUT2D eigenvalue weighted by atomic mass is 35.5. The van der Waals surface area contributed by atoms with Crippen molar-refractivity contribution in [2.45, 2.75) is 13.8 Å². The molecule has 0 unspecified atom stereocenters. The summed E-state index contributed by atoms with van der Waals surface area (Å²) >= 11 is 17.1. The Morgan fingerprint density at radius 2 is 1.65 bits per heavy atom. The highest BCUT2D eigenvalue weighted by Crippen LogP contribution is 2.28. The minimum atomic E-state index is 0.591. The fourth-order valence-corrected chi connectivity index (χ4v) is 2.32. The van der Waals surface area contributed by atoms with Crippen LogP contribution in [-0.4, -0.2) is 10.2 Å². The second-order valence-electron chi connectivity index (χ2n) is 3.81. The van der Waals surface area contributed by atoms with Crippen molar-refractivity contribution in [2.24, 2.45) is 0 Å². The molecule has 5 heteroatoms. The van der Waals surface area contributed by atoms with Gasteiger partial charge in [-0.25, -0.2) is 0 Å². The average molecular weight is 285 g/mol. The Morgan fingerprint density at radius 1 is 1.06 bits per heavy atom. The Balaban J connectivity index is 2.69. The van der Waals surface area contributed by atoms with Gasteiger partial charge in [0.2, 0.25) is 0 Å². The summed E-state index contributed by atoms with van der Waals surface area (Å²) in [6.45, 7) is 3.95. The fraction of sp³-hybridized carbons (Fsp3) is 0.167. The first kappa shape index (κ1) is 12.6. The predicted octanol–water partition coefficient (Wildman–Crippen LogP) is 4.73. The van der Waals surface area contributed by atoms with Gasteiger partial charge >= 0.3 is 0 Å². The van der Waals surface area contributed by atoms with Gasteiger partial charge in [0.05, 0.1) is 5.69 Å². The molecule has 0 atom stereocenters. The summed E-state index contributed by atoms with van der Waals surface area (Å²) in [5, 5.41) is 8.25. The third-order valence-corrected chi connectivity index (χ3v) is 3.50. The van der Waals surface area contributed by atoms with Crippen LogP contribution in [-0.2, 0) is 0 Å². The van der Waals surface area contributed by atoms with Gasteiger partial charge in [0.25, 0.3) is 0 Å². The quantitative estimate of drug-likeness (QED) is 0.767. The molecule has 0 saturated carbocycles. The van der Waals surface area contributed by atoms with E-state index >= 15 is 0 Å². The third kappa shape index (κ3) is 2.51. The van der Waals surface area contributed by atoms with Crippen molar-refractivity contribution in [1.29, 1.82) is 0 Å². The van der Waals surface area contributed by atoms with Crippen molar-refractivity contribution in [2.75, 3.05) is 0 Å². The Bertz CT molecular complexity index is 615. The number of aromatic nitrogens is 2. The largest absolute Gasteiger partial charge is 0.267 e. The number of aromatic amines is 1. The normalized spacial score (nSPS) is 10.6. The van der Waals surface area contributed by atoms with Crippen LogP contribution in [0, 0.1) is 18.5 Å². The standard InChI is InChI=1S/C12H10Cl2N2S/c1-6-7(2)12(17)16-15-11(6)8-3-9(13)5-10(14)4-8/h3-5H,1-2H3,(H,16,17). The molecule has 0 aliphatic carbocycles. The molecular formula is C12H10Cl2N2S. The lowest BCUT2D eigenvalue weighted by atomic mass is 10.0. The Morgan fingerprint density at radius 3 is 2.24 bits per heavy atom. The minimum Gasteiger partial charge on any atom is -0.267 e. The Labute approximate surface area is 115 Å². The van der Waals surface area contributed by atoms with E-state index in [0.717, 1.165) is 22.4 Å². The van der Waals surface area contributed by atoms with E-state index in [1.54, 1.807) is 6.07 Å². The molecule has 0 fully saturated rings. The molecule has 0 bridgehead atoms. The summed E-state index contributed by atoms with van der Waals surface area (Å²) in [5.41, 5.74) is 3.75. The van der Waals surface area contributed by atoms with Gasteiger partial charge in [-0.2, -0.15) is 5.10 Å². The van der Waals surface area contributed by atoms with Crippen molar-refractivity contribution in [3.05, 3.63) is 44.0 Å². The Hall–Kier alpha value is -0.900. The van der Waals surface area contributed by atoms with Crippen molar-refractivity contribution >= 4 is 35.4 Å². The first-order chi connectivity index (χ1) is 7.99. The molecule has 17 heavy (non-hydrogen) atoms. The van der Waals surface area contributed by atoms with Crippen LogP contribution in [0.25, 0.3) is 11.3 Å². The first-order valence-corrected chi connectivity index (χ1v) is 6.18. The van der Waals surface area contributed by atoms with E-state index in [-0.39, 0.29) is 0 Å². The topological polar surface area (TPSA) is 28.7 Å². The lowest BCUT2D eigenvalue weighted by Crippen LogP contribution is -1.96. The number of hydrogen-bond acceptors (Lipinski definition) is 2. The van der Waals surface area contributed by atoms with Crippen LogP contribution in [0.15, 0.2) is 18.2 Å². The van der Waals surface area contributed by atoms with Crippen molar-refractivity contribution in [1.82, 2.24) is 10.2 Å². The molecule has 0 aliphatic heterocycles. The summed E-state index contributed by atoms with van der Waals surface area (Å²) in [5.74, 6) is 0. The van der Waals surface area contributed by atoms with E-state index in [1.807, 2.05) is 26.0 Å². The molecule has 0 spiro atoms. The summed E-state index contributed by atoms with van der Waals surface area (Å²) in [6, 6.07) is 5.36. The van der Waals surface area contributed by atoms with Crippen LogP contribution >= 0.6 is 35.4 Å². The molecule has 2 rings (SSSR count). The smallest absolute Gasteiger partial charge is 0.122 e. The molecule has 2 nitrogen and oxygen atoms in total. The van der Waals surface area contributed by atoms with Crippen LogP contribution in [0.5, 0.6) is 0 Å². The highest BCUT2D eigenvalue weighted by molar-refractivity contribution is 7.71. The summed E-state index contributed by atoms with van der Waals surface area (Å²) in [7, 11) is 0. The van der Waals surface area contributed by atoms with Crippen molar-refractivity contribution in [3.63, 3.8) is 0 Å². The molecule has 1 aromatic heterocycles. The van der Waals surface area contributed by atoms with Crippen LogP contribution in [0.4, 0.5) is 0 Å². The zero-order valence-corrected chi connectivity index (χ0v) is 11.7. The van der Waals surface area contributed by atoms with E-state index in [1.165, 1.54) is 0 Å². The highest BCUT2D eigenvalue weighted by Gasteiger charge is 2.09. The number of H-pyrrole nitrogens is 1. The summed E-state index contributed by atoms with van der Waals surface area (Å²) in [4.78, 5) is 0. The molecular weight excluding hydrogens is 275 g/mol. The van der Waals surface area contributed by atoms with Crippen molar-refractivity contribution < 1.29 is 0 Å². The van der Waals surface area contributed by atoms with E-state index < -0.39 is 0 Å². The van der Waals surface area contributed by atoms with E-state index in [0.29, 0.717) is 14.7 Å². The molecule has 0 radical (unpaired) electrons. The van der Waals surface area contributed by atoms with Gasteiger partial charge in [0, 0.05) is 15.6 Å². The first-order valence-electron chi connectivity index (χ1n) is 5.01. The number of benzene rings is 1. The fourth-order valence-electron chi connectivity index (χ4n) is 1.59.